The predicted octanol–water partition coefficient (Wildman–Crippen LogP) is 0.607. The summed E-state index contributed by atoms with van der Waals surface area (Å²) in [5.41, 5.74) is 1.82. The quantitative estimate of drug-likeness (QED) is 0.0811. The summed E-state index contributed by atoms with van der Waals surface area (Å²) in [6.45, 7) is -0.388. The number of benzene rings is 3. The van der Waals surface area contributed by atoms with Crippen molar-refractivity contribution in [1.82, 2.24) is 8.75 Å². The molecular formula is C28H23N2NaO7S2. The first-order chi connectivity index (χ1) is 18.8. The number of carboxylic acids is 1. The second-order valence-electron chi connectivity index (χ2n) is 8.18. The number of esters is 1. The van der Waals surface area contributed by atoms with Gasteiger partial charge in [-0.05, 0) is 59.8 Å². The third kappa shape index (κ3) is 7.29. The third-order valence-electron chi connectivity index (χ3n) is 5.89. The van der Waals surface area contributed by atoms with Crippen LogP contribution in [0.15, 0.2) is 71.1 Å². The zero-order valence-corrected chi connectivity index (χ0v) is 25.9. The van der Waals surface area contributed by atoms with Crippen molar-refractivity contribution in [2.45, 2.75) is 11.3 Å². The molecule has 1 heterocycles. The molecule has 0 radical (unpaired) electrons. The molecule has 0 N–H and O–H groups in total. The van der Waals surface area contributed by atoms with Gasteiger partial charge in [0, 0.05) is 34.1 Å². The average molecular weight is 587 g/mol. The van der Waals surface area contributed by atoms with Crippen LogP contribution in [0, 0.1) is 0 Å². The Morgan fingerprint density at radius 1 is 0.925 bits per heavy atom. The van der Waals surface area contributed by atoms with E-state index < -0.39 is 17.7 Å². The number of hydrogen-bond acceptors (Lipinski definition) is 11. The van der Waals surface area contributed by atoms with Crippen LogP contribution < -0.4 is 44.1 Å². The van der Waals surface area contributed by atoms with Gasteiger partial charge in [-0.25, -0.2) is 4.79 Å². The topological polar surface area (TPSA) is 128 Å². The number of aliphatic carboxylic acids is 1. The van der Waals surface area contributed by atoms with Gasteiger partial charge in [0.05, 0.1) is 31.9 Å². The van der Waals surface area contributed by atoms with E-state index in [0.717, 1.165) is 16.6 Å². The van der Waals surface area contributed by atoms with Crippen LogP contribution in [0.3, 0.4) is 0 Å². The van der Waals surface area contributed by atoms with Gasteiger partial charge in [-0.1, -0.05) is 12.1 Å². The van der Waals surface area contributed by atoms with Gasteiger partial charge in [-0.3, -0.25) is 4.79 Å². The van der Waals surface area contributed by atoms with E-state index in [2.05, 4.69) is 13.5 Å². The molecule has 4 aromatic rings. The molecule has 1 aromatic heterocycles. The van der Waals surface area contributed by atoms with Crippen LogP contribution >= 0.6 is 23.5 Å². The predicted molar refractivity (Wildman–Crippen MR) is 146 cm³/mol. The van der Waals surface area contributed by atoms with Crippen molar-refractivity contribution in [1.29, 1.82) is 0 Å². The number of carbonyl (C=O) groups is 3. The van der Waals surface area contributed by atoms with E-state index >= 15 is 0 Å². The largest absolute Gasteiger partial charge is 1.00 e. The van der Waals surface area contributed by atoms with E-state index in [1.54, 1.807) is 60.7 Å². The number of nitrogens with zero attached hydrogens (tertiary/aromatic N) is 2. The zero-order valence-electron chi connectivity index (χ0n) is 22.3. The number of ether oxygens (including phenoxy) is 3. The van der Waals surface area contributed by atoms with Gasteiger partial charge < -0.3 is 24.1 Å². The van der Waals surface area contributed by atoms with Crippen LogP contribution in [0.5, 0.6) is 11.5 Å². The minimum atomic E-state index is -1.52. The number of thioether (sulfide) groups is 1. The second kappa shape index (κ2) is 14.4. The van der Waals surface area contributed by atoms with Crippen molar-refractivity contribution in [3.8, 4) is 11.5 Å². The normalized spacial score (nSPS) is 11.3. The fraction of sp³-hybridized carbons (Fsp3) is 0.179. The van der Waals surface area contributed by atoms with Gasteiger partial charge in [0.15, 0.2) is 12.4 Å². The van der Waals surface area contributed by atoms with E-state index in [-0.39, 0.29) is 65.0 Å². The van der Waals surface area contributed by atoms with Gasteiger partial charge in [0.1, 0.15) is 22.5 Å². The minimum absolute atomic E-state index is 0. The first-order valence-corrected chi connectivity index (χ1v) is 13.5. The maximum absolute atomic E-state index is 13.9. The van der Waals surface area contributed by atoms with Gasteiger partial charge >= 0.3 is 35.5 Å². The van der Waals surface area contributed by atoms with E-state index in [4.69, 9.17) is 9.47 Å². The molecule has 12 heteroatoms. The molecule has 0 unspecified atom stereocenters. The van der Waals surface area contributed by atoms with Crippen LogP contribution in [-0.4, -0.2) is 53.6 Å². The van der Waals surface area contributed by atoms with E-state index in [1.807, 2.05) is 6.26 Å². The molecule has 0 aliphatic heterocycles. The summed E-state index contributed by atoms with van der Waals surface area (Å²) in [5, 5.41) is 12.6. The third-order valence-corrected chi connectivity index (χ3v) is 7.19. The summed E-state index contributed by atoms with van der Waals surface area (Å²) < 4.78 is 24.0. The van der Waals surface area contributed by atoms with Crippen LogP contribution in [0.4, 0.5) is 0 Å². The Hall–Kier alpha value is -3.22. The monoisotopic (exact) mass is 586 g/mol. The van der Waals surface area contributed by atoms with Gasteiger partial charge in [0.2, 0.25) is 0 Å². The number of rotatable bonds is 11. The number of aromatic nitrogens is 2. The first-order valence-electron chi connectivity index (χ1n) is 11.6. The van der Waals surface area contributed by atoms with Crippen LogP contribution in [0.2, 0.25) is 0 Å². The molecule has 0 saturated carbocycles. The van der Waals surface area contributed by atoms with Gasteiger partial charge in [-0.2, -0.15) is 8.75 Å². The molecule has 9 nitrogen and oxygen atoms in total. The summed E-state index contributed by atoms with van der Waals surface area (Å²) in [5.74, 6) is -1.94. The first kappa shape index (κ1) is 31.3. The Balaban J connectivity index is 0.00000441. The van der Waals surface area contributed by atoms with Crippen LogP contribution in [-0.2, 0) is 20.7 Å². The number of allylic oxidation sites excluding steroid dienone is 1. The number of carboxylic acid groups (broad SMARTS) is 1. The number of carbonyl (C=O) groups excluding carboxylic acids is 3. The maximum atomic E-state index is 13.9. The molecule has 0 bridgehead atoms. The number of Topliss-reactive ketones (excluding diaryl/α,β-unsaturated/α-hetero) is 1. The molecule has 4 rings (SSSR count). The average Bonchev–Trinajstić information content (AvgIpc) is 3.43. The fourth-order valence-corrected chi connectivity index (χ4v) is 4.81. The molecule has 40 heavy (non-hydrogen) atoms. The summed E-state index contributed by atoms with van der Waals surface area (Å²) >= 11 is 2.52. The molecule has 200 valence electrons. The smallest absolute Gasteiger partial charge is 0.545 e. The van der Waals surface area contributed by atoms with Crippen LogP contribution in [0.1, 0.15) is 21.5 Å². The standard InChI is InChI=1S/C28H24N2O7S2.Na/c1-35-19-8-4-17(24(14-19)37-15-25(31)36-2)12-21(27(32)16-5-9-20(38-3)10-6-16)26(28(33)34)18-7-11-22-23(13-18)30-39-29-22;/h4-11,13-14H,12,15H2,1-3H3,(H,33,34);/q;+1/p-1. The molecule has 0 saturated heterocycles. The SMILES string of the molecule is COC(=O)COc1cc(OC)ccc1CC(C(=O)c1ccc(SC)cc1)=C(C(=O)[O-])c1ccc2nsnc2c1.[Na+]. The van der Waals surface area contributed by atoms with E-state index in [9.17, 15) is 19.5 Å². The molecule has 0 fully saturated rings. The fourth-order valence-electron chi connectivity index (χ4n) is 3.88. The van der Waals surface area contributed by atoms with Crippen molar-refractivity contribution < 1.29 is 63.3 Å². The van der Waals surface area contributed by atoms with Gasteiger partial charge in [0.25, 0.3) is 0 Å². The van der Waals surface area contributed by atoms with E-state index in [0.29, 0.717) is 27.9 Å². The molecule has 0 amide bonds. The van der Waals surface area contributed by atoms with Crippen LogP contribution in [0.25, 0.3) is 16.6 Å². The molecule has 0 atom stereocenters. The number of ketones is 1. The number of methoxy groups -OCH3 is 2. The number of hydrogen-bond donors (Lipinski definition) is 0. The van der Waals surface area contributed by atoms with Crippen molar-refractivity contribution in [3.63, 3.8) is 0 Å². The summed E-state index contributed by atoms with van der Waals surface area (Å²) in [7, 11) is 2.71. The maximum Gasteiger partial charge on any atom is 1.00 e. The van der Waals surface area contributed by atoms with Crippen molar-refractivity contribution >= 4 is 57.8 Å². The van der Waals surface area contributed by atoms with Gasteiger partial charge in [-0.15, -0.1) is 11.8 Å². The Morgan fingerprint density at radius 3 is 2.27 bits per heavy atom. The van der Waals surface area contributed by atoms with Crippen molar-refractivity contribution in [2.24, 2.45) is 0 Å². The number of fused-ring (bicyclic) bond motifs is 1. The summed E-state index contributed by atoms with van der Waals surface area (Å²) in [4.78, 5) is 39.2. The van der Waals surface area contributed by atoms with Crippen molar-refractivity contribution in [3.05, 3.63) is 82.9 Å². The molecule has 0 aliphatic carbocycles. The Morgan fingerprint density at radius 2 is 1.62 bits per heavy atom. The Kier molecular flexibility index (Phi) is 11.3. The molecular weight excluding hydrogens is 563 g/mol. The Labute approximate surface area is 261 Å². The zero-order chi connectivity index (χ0) is 27.9. The summed E-state index contributed by atoms with van der Waals surface area (Å²) in [6.07, 6.45) is 1.78. The Bertz CT molecular complexity index is 1570. The van der Waals surface area contributed by atoms with Crippen molar-refractivity contribution in [2.75, 3.05) is 27.1 Å². The summed E-state index contributed by atoms with van der Waals surface area (Å²) in [6, 6.07) is 16.5. The van der Waals surface area contributed by atoms with E-state index in [1.165, 1.54) is 26.0 Å². The molecule has 0 aliphatic rings. The molecule has 0 spiro atoms. The molecule has 3 aromatic carbocycles. The second-order valence-corrected chi connectivity index (χ2v) is 9.59. The minimum Gasteiger partial charge on any atom is -0.545 e.